The first-order valence-corrected chi connectivity index (χ1v) is 12.2. The Morgan fingerprint density at radius 2 is 1.72 bits per heavy atom. The van der Waals surface area contributed by atoms with Gasteiger partial charge in [-0.2, -0.15) is 0 Å². The van der Waals surface area contributed by atoms with E-state index in [1.165, 1.54) is 6.92 Å². The van der Waals surface area contributed by atoms with Crippen LogP contribution in [0.5, 0.6) is 0 Å². The molecule has 1 aliphatic heterocycles. The Bertz CT molecular complexity index is 1420. The SMILES string of the molecule is CC(=O)c1cn(Cc2ccccc2)c(-c2ccc(C)cc2C(=O)N2Cc3ccccc3C[C@H]2CO)n1. The topological polar surface area (TPSA) is 75.4 Å². The van der Waals surface area contributed by atoms with Crippen LogP contribution in [0.2, 0.25) is 0 Å². The van der Waals surface area contributed by atoms with Gasteiger partial charge in [-0.05, 0) is 36.1 Å². The van der Waals surface area contributed by atoms with Gasteiger partial charge in [0.1, 0.15) is 11.5 Å². The van der Waals surface area contributed by atoms with Gasteiger partial charge in [0.05, 0.1) is 18.2 Å². The molecule has 0 saturated heterocycles. The molecule has 1 aromatic heterocycles. The van der Waals surface area contributed by atoms with Gasteiger partial charge in [0.25, 0.3) is 5.91 Å². The van der Waals surface area contributed by atoms with Crippen LogP contribution in [0.3, 0.4) is 0 Å². The molecule has 36 heavy (non-hydrogen) atoms. The summed E-state index contributed by atoms with van der Waals surface area (Å²) in [5, 5.41) is 10.1. The van der Waals surface area contributed by atoms with E-state index >= 15 is 0 Å². The van der Waals surface area contributed by atoms with Crippen molar-refractivity contribution in [3.8, 4) is 11.4 Å². The van der Waals surface area contributed by atoms with Crippen LogP contribution in [0.15, 0.2) is 79.0 Å². The van der Waals surface area contributed by atoms with Crippen molar-refractivity contribution >= 4 is 11.7 Å². The molecule has 0 bridgehead atoms. The molecule has 0 spiro atoms. The zero-order valence-electron chi connectivity index (χ0n) is 20.5. The number of aliphatic hydroxyl groups is 1. The van der Waals surface area contributed by atoms with Gasteiger partial charge in [0, 0.05) is 31.8 Å². The molecule has 6 nitrogen and oxygen atoms in total. The Morgan fingerprint density at radius 1 is 1.00 bits per heavy atom. The Labute approximate surface area is 210 Å². The lowest BCUT2D eigenvalue weighted by molar-refractivity contribution is 0.0544. The van der Waals surface area contributed by atoms with Gasteiger partial charge < -0.3 is 14.6 Å². The van der Waals surface area contributed by atoms with E-state index in [9.17, 15) is 14.7 Å². The van der Waals surface area contributed by atoms with Crippen molar-refractivity contribution in [2.75, 3.05) is 6.61 Å². The molecule has 0 unspecified atom stereocenters. The van der Waals surface area contributed by atoms with Gasteiger partial charge in [0.2, 0.25) is 0 Å². The average Bonchev–Trinajstić information content (AvgIpc) is 3.31. The summed E-state index contributed by atoms with van der Waals surface area (Å²) < 4.78 is 1.93. The number of amides is 1. The van der Waals surface area contributed by atoms with Crippen molar-refractivity contribution in [2.45, 2.75) is 39.4 Å². The largest absolute Gasteiger partial charge is 0.394 e. The quantitative estimate of drug-likeness (QED) is 0.408. The number of rotatable bonds is 6. The fourth-order valence-corrected chi connectivity index (χ4v) is 4.87. The second kappa shape index (κ2) is 9.91. The molecule has 1 N–H and O–H groups in total. The first-order valence-electron chi connectivity index (χ1n) is 12.2. The number of carbonyl (C=O) groups excluding carboxylic acids is 2. The maximum Gasteiger partial charge on any atom is 0.255 e. The zero-order valence-corrected chi connectivity index (χ0v) is 20.5. The van der Waals surface area contributed by atoms with E-state index in [4.69, 9.17) is 0 Å². The lowest BCUT2D eigenvalue weighted by Gasteiger charge is -2.36. The number of hydrogen-bond acceptors (Lipinski definition) is 4. The molecule has 1 aliphatic rings. The number of aromatic nitrogens is 2. The van der Waals surface area contributed by atoms with Crippen LogP contribution in [0.1, 0.15) is 50.0 Å². The standard InChI is InChI=1S/C30H29N3O3/c1-20-12-13-26(29-31-28(21(2)35)18-32(29)16-22-8-4-3-5-9-22)27(14-20)30(36)33-17-24-11-7-6-10-23(24)15-25(33)19-34/h3-14,18,25,34H,15-17,19H2,1-2H3/t25-/m0/s1. The van der Waals surface area contributed by atoms with E-state index in [-0.39, 0.29) is 24.3 Å². The summed E-state index contributed by atoms with van der Waals surface area (Å²) in [6.45, 7) is 4.29. The van der Waals surface area contributed by atoms with Crippen LogP contribution >= 0.6 is 0 Å². The minimum atomic E-state index is -0.308. The van der Waals surface area contributed by atoms with Crippen molar-refractivity contribution in [1.29, 1.82) is 0 Å². The Morgan fingerprint density at radius 3 is 2.44 bits per heavy atom. The van der Waals surface area contributed by atoms with Crippen LogP contribution in [-0.4, -0.2) is 43.9 Å². The minimum absolute atomic E-state index is 0.113. The monoisotopic (exact) mass is 479 g/mol. The van der Waals surface area contributed by atoms with Crippen LogP contribution in [-0.2, 0) is 19.5 Å². The van der Waals surface area contributed by atoms with Crippen LogP contribution in [0.25, 0.3) is 11.4 Å². The predicted octanol–water partition coefficient (Wildman–Crippen LogP) is 4.67. The summed E-state index contributed by atoms with van der Waals surface area (Å²) in [6, 6.07) is 23.4. The normalized spacial score (nSPS) is 15.0. The van der Waals surface area contributed by atoms with E-state index in [1.807, 2.05) is 78.2 Å². The lowest BCUT2D eigenvalue weighted by Crippen LogP contribution is -2.46. The molecular weight excluding hydrogens is 450 g/mol. The van der Waals surface area contributed by atoms with E-state index in [1.54, 1.807) is 11.1 Å². The summed E-state index contributed by atoms with van der Waals surface area (Å²) in [4.78, 5) is 32.7. The van der Waals surface area contributed by atoms with Gasteiger partial charge >= 0.3 is 0 Å². The first-order chi connectivity index (χ1) is 17.4. The van der Waals surface area contributed by atoms with Gasteiger partial charge in [-0.15, -0.1) is 0 Å². The fraction of sp³-hybridized carbons (Fsp3) is 0.233. The van der Waals surface area contributed by atoms with Gasteiger partial charge in [-0.1, -0.05) is 72.3 Å². The van der Waals surface area contributed by atoms with E-state index in [0.29, 0.717) is 42.2 Å². The molecule has 0 aliphatic carbocycles. The Hall–Kier alpha value is -4.03. The van der Waals surface area contributed by atoms with Crippen LogP contribution in [0, 0.1) is 6.92 Å². The molecule has 3 aromatic carbocycles. The number of aliphatic hydroxyl groups excluding tert-OH is 1. The minimum Gasteiger partial charge on any atom is -0.394 e. The van der Waals surface area contributed by atoms with Crippen molar-refractivity contribution < 1.29 is 14.7 Å². The average molecular weight is 480 g/mol. The number of Topliss-reactive ketones (excluding diaryl/α,β-unsaturated/α-hetero) is 1. The molecule has 1 amide bonds. The predicted molar refractivity (Wildman–Crippen MR) is 139 cm³/mol. The molecule has 0 radical (unpaired) electrons. The second-order valence-corrected chi connectivity index (χ2v) is 9.41. The van der Waals surface area contributed by atoms with Gasteiger partial charge in [-0.25, -0.2) is 4.98 Å². The Balaban J connectivity index is 1.59. The Kier molecular flexibility index (Phi) is 6.53. The molecular formula is C30H29N3O3. The summed E-state index contributed by atoms with van der Waals surface area (Å²) in [6.07, 6.45) is 2.36. The van der Waals surface area contributed by atoms with E-state index < -0.39 is 0 Å². The maximum absolute atomic E-state index is 14.0. The van der Waals surface area contributed by atoms with Crippen molar-refractivity contribution in [3.63, 3.8) is 0 Å². The molecule has 2 heterocycles. The molecule has 1 atom stereocenters. The second-order valence-electron chi connectivity index (χ2n) is 9.41. The number of aryl methyl sites for hydroxylation is 1. The third-order valence-corrected chi connectivity index (χ3v) is 6.81. The smallest absolute Gasteiger partial charge is 0.255 e. The highest BCUT2D eigenvalue weighted by molar-refractivity contribution is 6.01. The van der Waals surface area contributed by atoms with Crippen molar-refractivity contribution in [1.82, 2.24) is 14.5 Å². The van der Waals surface area contributed by atoms with Crippen molar-refractivity contribution in [3.05, 3.63) is 113 Å². The third-order valence-electron chi connectivity index (χ3n) is 6.81. The van der Waals surface area contributed by atoms with Gasteiger partial charge in [-0.3, -0.25) is 9.59 Å². The van der Waals surface area contributed by atoms with Crippen LogP contribution < -0.4 is 0 Å². The number of ketones is 1. The fourth-order valence-electron chi connectivity index (χ4n) is 4.87. The number of benzene rings is 3. The van der Waals surface area contributed by atoms with E-state index in [2.05, 4.69) is 11.1 Å². The molecule has 0 fully saturated rings. The molecule has 182 valence electrons. The number of fused-ring (bicyclic) bond motifs is 1. The lowest BCUT2D eigenvalue weighted by atomic mass is 9.93. The summed E-state index contributed by atoms with van der Waals surface area (Å²) >= 11 is 0. The summed E-state index contributed by atoms with van der Waals surface area (Å²) in [7, 11) is 0. The molecule has 6 heteroatoms. The maximum atomic E-state index is 14.0. The van der Waals surface area contributed by atoms with Crippen molar-refractivity contribution in [2.24, 2.45) is 0 Å². The molecule has 4 aromatic rings. The van der Waals surface area contributed by atoms with Crippen LogP contribution in [0.4, 0.5) is 0 Å². The molecule has 0 saturated carbocycles. The highest BCUT2D eigenvalue weighted by Gasteiger charge is 2.32. The summed E-state index contributed by atoms with van der Waals surface area (Å²) in [5.41, 5.74) is 5.82. The number of hydrogen-bond donors (Lipinski definition) is 1. The van der Waals surface area contributed by atoms with Gasteiger partial charge in [0.15, 0.2) is 5.78 Å². The number of nitrogens with zero attached hydrogens (tertiary/aromatic N) is 3. The highest BCUT2D eigenvalue weighted by atomic mass is 16.3. The van der Waals surface area contributed by atoms with E-state index in [0.717, 1.165) is 22.3 Å². The first kappa shape index (κ1) is 23.7. The number of carbonyl (C=O) groups is 2. The number of imidazole rings is 1. The molecule has 5 rings (SSSR count). The summed E-state index contributed by atoms with van der Waals surface area (Å²) in [5.74, 6) is 0.294. The highest BCUT2D eigenvalue weighted by Crippen LogP contribution is 2.30. The third kappa shape index (κ3) is 4.60. The zero-order chi connectivity index (χ0) is 25.2.